The third-order valence-electron chi connectivity index (χ3n) is 2.12. The quantitative estimate of drug-likeness (QED) is 0.700. The Morgan fingerprint density at radius 1 is 1.29 bits per heavy atom. The fourth-order valence-corrected chi connectivity index (χ4v) is 2.26. The third kappa shape index (κ3) is 3.14. The molecule has 0 nitrogen and oxygen atoms in total. The summed E-state index contributed by atoms with van der Waals surface area (Å²) in [6, 6.07) is 4.26. The van der Waals surface area contributed by atoms with Gasteiger partial charge in [0.2, 0.25) is 0 Å². The van der Waals surface area contributed by atoms with Crippen LogP contribution >= 0.6 is 27.5 Å². The van der Waals surface area contributed by atoms with Crippen LogP contribution in [0.15, 0.2) is 22.7 Å². The number of halogens is 2. The first-order valence-corrected chi connectivity index (χ1v) is 5.97. The van der Waals surface area contributed by atoms with E-state index in [9.17, 15) is 0 Å². The summed E-state index contributed by atoms with van der Waals surface area (Å²) < 4.78 is 1.14. The van der Waals surface area contributed by atoms with Gasteiger partial charge in [0.25, 0.3) is 0 Å². The molecular weight excluding hydrogens is 259 g/mol. The second-order valence-electron chi connectivity index (χ2n) is 3.33. The van der Waals surface area contributed by atoms with Crippen molar-refractivity contribution >= 4 is 33.6 Å². The minimum Gasteiger partial charge on any atom is -0.126 e. The molecule has 0 aromatic heterocycles. The van der Waals surface area contributed by atoms with E-state index in [4.69, 9.17) is 11.6 Å². The zero-order chi connectivity index (χ0) is 10.6. The van der Waals surface area contributed by atoms with Crippen molar-refractivity contribution in [1.29, 1.82) is 0 Å². The molecule has 1 aromatic carbocycles. The van der Waals surface area contributed by atoms with Gasteiger partial charge >= 0.3 is 0 Å². The molecule has 76 valence electrons. The maximum absolute atomic E-state index is 5.61. The molecule has 0 fully saturated rings. The van der Waals surface area contributed by atoms with Gasteiger partial charge in [-0.25, -0.2) is 0 Å². The van der Waals surface area contributed by atoms with Gasteiger partial charge in [0.05, 0.1) is 0 Å². The van der Waals surface area contributed by atoms with Gasteiger partial charge in [-0.05, 0) is 49.1 Å². The molecular formula is C12H14BrCl. The third-order valence-corrected chi connectivity index (χ3v) is 2.79. The van der Waals surface area contributed by atoms with Crippen molar-refractivity contribution in [2.45, 2.75) is 20.3 Å². The SMILES string of the molecule is Cc1cc(Br)cc(C)c1C=CCCCl. The fraction of sp³-hybridized carbons (Fsp3) is 0.333. The number of hydrogen-bond acceptors (Lipinski definition) is 0. The zero-order valence-electron chi connectivity index (χ0n) is 8.48. The van der Waals surface area contributed by atoms with Crippen LogP contribution in [0.1, 0.15) is 23.1 Å². The summed E-state index contributed by atoms with van der Waals surface area (Å²) in [5.74, 6) is 0.686. The van der Waals surface area contributed by atoms with E-state index in [0.29, 0.717) is 5.88 Å². The summed E-state index contributed by atoms with van der Waals surface area (Å²) in [5.41, 5.74) is 3.89. The van der Waals surface area contributed by atoms with E-state index < -0.39 is 0 Å². The molecule has 1 aromatic rings. The van der Waals surface area contributed by atoms with Crippen molar-refractivity contribution in [3.8, 4) is 0 Å². The highest BCUT2D eigenvalue weighted by Gasteiger charge is 2.00. The van der Waals surface area contributed by atoms with Crippen LogP contribution in [0, 0.1) is 13.8 Å². The highest BCUT2D eigenvalue weighted by molar-refractivity contribution is 9.10. The van der Waals surface area contributed by atoms with Crippen LogP contribution < -0.4 is 0 Å². The molecule has 0 heterocycles. The Bertz CT molecular complexity index is 319. The molecule has 0 spiro atoms. The normalized spacial score (nSPS) is 11.1. The van der Waals surface area contributed by atoms with Crippen molar-refractivity contribution in [2.75, 3.05) is 5.88 Å². The Morgan fingerprint density at radius 3 is 2.36 bits per heavy atom. The summed E-state index contributed by atoms with van der Waals surface area (Å²) in [4.78, 5) is 0. The Kier molecular flexibility index (Phi) is 4.70. The summed E-state index contributed by atoms with van der Waals surface area (Å²) in [6.45, 7) is 4.25. The van der Waals surface area contributed by atoms with Gasteiger partial charge in [-0.3, -0.25) is 0 Å². The highest BCUT2D eigenvalue weighted by Crippen LogP contribution is 2.21. The summed E-state index contributed by atoms with van der Waals surface area (Å²) >= 11 is 9.10. The highest BCUT2D eigenvalue weighted by atomic mass is 79.9. The van der Waals surface area contributed by atoms with Gasteiger partial charge in [0, 0.05) is 10.4 Å². The summed E-state index contributed by atoms with van der Waals surface area (Å²) in [6.07, 6.45) is 5.20. The Morgan fingerprint density at radius 2 is 1.86 bits per heavy atom. The topological polar surface area (TPSA) is 0 Å². The lowest BCUT2D eigenvalue weighted by Gasteiger charge is -2.05. The van der Waals surface area contributed by atoms with Gasteiger partial charge in [-0.2, -0.15) is 0 Å². The predicted molar refractivity (Wildman–Crippen MR) is 68.0 cm³/mol. The van der Waals surface area contributed by atoms with E-state index in [1.54, 1.807) is 0 Å². The van der Waals surface area contributed by atoms with Crippen LogP contribution in [0.5, 0.6) is 0 Å². The van der Waals surface area contributed by atoms with Gasteiger partial charge in [0.1, 0.15) is 0 Å². The van der Waals surface area contributed by atoms with Gasteiger partial charge in [-0.1, -0.05) is 28.1 Å². The van der Waals surface area contributed by atoms with Gasteiger partial charge in [0.15, 0.2) is 0 Å². The molecule has 0 atom stereocenters. The van der Waals surface area contributed by atoms with E-state index in [2.05, 4.69) is 54.1 Å². The molecule has 0 unspecified atom stereocenters. The molecule has 0 N–H and O–H groups in total. The van der Waals surface area contributed by atoms with Crippen LogP contribution in [0.2, 0.25) is 0 Å². The zero-order valence-corrected chi connectivity index (χ0v) is 10.8. The lowest BCUT2D eigenvalue weighted by molar-refractivity contribution is 1.24. The smallest absolute Gasteiger partial charge is 0.0258 e. The second-order valence-corrected chi connectivity index (χ2v) is 4.63. The van der Waals surface area contributed by atoms with Crippen LogP contribution in [0.4, 0.5) is 0 Å². The molecule has 1 rings (SSSR count). The lowest BCUT2D eigenvalue weighted by atomic mass is 10.0. The molecule has 0 aliphatic heterocycles. The molecule has 0 radical (unpaired) electrons. The van der Waals surface area contributed by atoms with Crippen molar-refractivity contribution in [3.63, 3.8) is 0 Å². The van der Waals surface area contributed by atoms with Crippen molar-refractivity contribution in [3.05, 3.63) is 39.4 Å². The lowest BCUT2D eigenvalue weighted by Crippen LogP contribution is -1.86. The second kappa shape index (κ2) is 5.57. The average Bonchev–Trinajstić information content (AvgIpc) is 2.09. The number of hydrogen-bond donors (Lipinski definition) is 0. The van der Waals surface area contributed by atoms with E-state index in [0.717, 1.165) is 10.9 Å². The number of alkyl halides is 1. The fourth-order valence-electron chi connectivity index (χ4n) is 1.45. The Balaban J connectivity index is 2.96. The molecule has 0 bridgehead atoms. The molecule has 14 heavy (non-hydrogen) atoms. The van der Waals surface area contributed by atoms with Crippen molar-refractivity contribution in [2.24, 2.45) is 0 Å². The maximum atomic E-state index is 5.61. The first kappa shape index (κ1) is 11.8. The maximum Gasteiger partial charge on any atom is 0.0258 e. The summed E-state index contributed by atoms with van der Waals surface area (Å²) in [7, 11) is 0. The molecule has 0 amide bonds. The minimum absolute atomic E-state index is 0.686. The number of benzene rings is 1. The number of aryl methyl sites for hydroxylation is 2. The average molecular weight is 274 g/mol. The van der Waals surface area contributed by atoms with E-state index in [1.807, 2.05) is 0 Å². The first-order valence-electron chi connectivity index (χ1n) is 4.64. The van der Waals surface area contributed by atoms with E-state index in [-0.39, 0.29) is 0 Å². The van der Waals surface area contributed by atoms with Gasteiger partial charge < -0.3 is 0 Å². The van der Waals surface area contributed by atoms with E-state index >= 15 is 0 Å². The van der Waals surface area contributed by atoms with Gasteiger partial charge in [-0.15, -0.1) is 11.6 Å². The first-order chi connectivity index (χ1) is 6.65. The summed E-state index contributed by atoms with van der Waals surface area (Å²) in [5, 5.41) is 0. The Labute approximate surface area is 99.1 Å². The molecule has 2 heteroatoms. The van der Waals surface area contributed by atoms with Crippen molar-refractivity contribution in [1.82, 2.24) is 0 Å². The minimum atomic E-state index is 0.686. The standard InChI is InChI=1S/C12H14BrCl/c1-9-7-11(13)8-10(2)12(9)5-3-4-6-14/h3,5,7-8H,4,6H2,1-2H3. The van der Waals surface area contributed by atoms with Crippen LogP contribution in [-0.2, 0) is 0 Å². The molecule has 0 aliphatic carbocycles. The number of allylic oxidation sites excluding steroid dienone is 1. The van der Waals surface area contributed by atoms with Crippen LogP contribution in [-0.4, -0.2) is 5.88 Å². The van der Waals surface area contributed by atoms with Crippen molar-refractivity contribution < 1.29 is 0 Å². The predicted octanol–water partition coefficient (Wildman–Crippen LogP) is 4.71. The molecule has 0 aliphatic rings. The number of rotatable bonds is 3. The Hall–Kier alpha value is -0.270. The van der Waals surface area contributed by atoms with Crippen LogP contribution in [0.3, 0.4) is 0 Å². The van der Waals surface area contributed by atoms with E-state index in [1.165, 1.54) is 16.7 Å². The van der Waals surface area contributed by atoms with Crippen LogP contribution in [0.25, 0.3) is 6.08 Å². The monoisotopic (exact) mass is 272 g/mol. The largest absolute Gasteiger partial charge is 0.126 e. The molecule has 0 saturated carbocycles. The molecule has 0 saturated heterocycles.